The Morgan fingerprint density at radius 1 is 1.29 bits per heavy atom. The van der Waals surface area contributed by atoms with Crippen LogP contribution >= 0.6 is 10.8 Å². The third-order valence-corrected chi connectivity index (χ3v) is 6.44. The molecule has 3 rings (SSSR count). The molecule has 0 saturated carbocycles. The fraction of sp³-hybridized carbons (Fsp3) is 0.471. The van der Waals surface area contributed by atoms with Gasteiger partial charge in [-0.05, 0) is 55.4 Å². The molecule has 0 amide bonds. The highest BCUT2D eigenvalue weighted by molar-refractivity contribution is 8.25. The Bertz CT molecular complexity index is 689. The quantitative estimate of drug-likeness (QED) is 0.784. The zero-order valence-electron chi connectivity index (χ0n) is 13.6. The monoisotopic (exact) mass is 355 g/mol. The molecule has 1 aromatic carbocycles. The van der Waals surface area contributed by atoms with Gasteiger partial charge in [-0.25, -0.2) is 9.18 Å². The minimum atomic E-state index is -3.07. The SMILES string of the molecule is COC(=O)c1cc(C2=CCCC2)cc(N2CCCCS2(O)O)c1F. The summed E-state index contributed by atoms with van der Waals surface area (Å²) in [6.07, 6.45) is 6.35. The molecule has 0 radical (unpaired) electrons. The van der Waals surface area contributed by atoms with Gasteiger partial charge in [0.25, 0.3) is 0 Å². The van der Waals surface area contributed by atoms with Crippen LogP contribution in [0.1, 0.15) is 48.0 Å². The molecule has 132 valence electrons. The fourth-order valence-electron chi connectivity index (χ4n) is 3.25. The molecule has 7 heteroatoms. The van der Waals surface area contributed by atoms with Crippen LogP contribution in [-0.2, 0) is 4.74 Å². The number of rotatable bonds is 3. The molecule has 0 spiro atoms. The van der Waals surface area contributed by atoms with Gasteiger partial charge in [0.1, 0.15) is 0 Å². The molecule has 0 bridgehead atoms. The Labute approximate surface area is 142 Å². The van der Waals surface area contributed by atoms with E-state index in [9.17, 15) is 18.3 Å². The number of hydrogen-bond acceptors (Lipinski definition) is 5. The lowest BCUT2D eigenvalue weighted by atomic mass is 10.0. The summed E-state index contributed by atoms with van der Waals surface area (Å²) in [7, 11) is -1.86. The highest BCUT2D eigenvalue weighted by atomic mass is 32.3. The van der Waals surface area contributed by atoms with Crippen molar-refractivity contribution in [1.82, 2.24) is 0 Å². The molecule has 5 nitrogen and oxygen atoms in total. The Morgan fingerprint density at radius 3 is 2.71 bits per heavy atom. The highest BCUT2D eigenvalue weighted by Crippen LogP contribution is 2.51. The van der Waals surface area contributed by atoms with E-state index >= 15 is 0 Å². The summed E-state index contributed by atoms with van der Waals surface area (Å²) in [5, 5.41) is 0. The smallest absolute Gasteiger partial charge is 0.340 e. The number of hydrogen-bond donors (Lipinski definition) is 2. The van der Waals surface area contributed by atoms with Crippen molar-refractivity contribution in [2.75, 3.05) is 23.7 Å². The number of ether oxygens (including phenoxy) is 1. The van der Waals surface area contributed by atoms with E-state index in [-0.39, 0.29) is 17.0 Å². The lowest BCUT2D eigenvalue weighted by Crippen LogP contribution is -2.35. The van der Waals surface area contributed by atoms with Crippen LogP contribution in [0.5, 0.6) is 0 Å². The third kappa shape index (κ3) is 3.16. The summed E-state index contributed by atoms with van der Waals surface area (Å²) in [6, 6.07) is 3.12. The van der Waals surface area contributed by atoms with Crippen molar-refractivity contribution in [2.45, 2.75) is 32.1 Å². The Hall–Kier alpha value is -1.57. The van der Waals surface area contributed by atoms with E-state index in [4.69, 9.17) is 4.74 Å². The normalized spacial score (nSPS) is 21.3. The first-order valence-corrected chi connectivity index (χ1v) is 9.76. The first-order chi connectivity index (χ1) is 11.4. The van der Waals surface area contributed by atoms with Crippen LogP contribution in [0.2, 0.25) is 0 Å². The van der Waals surface area contributed by atoms with Crippen molar-refractivity contribution in [3.8, 4) is 0 Å². The van der Waals surface area contributed by atoms with Gasteiger partial charge in [-0.3, -0.25) is 13.4 Å². The summed E-state index contributed by atoms with van der Waals surface area (Å²) in [5.74, 6) is -1.30. The Balaban J connectivity index is 2.13. The number of anilines is 1. The Kier molecular flexibility index (Phi) is 4.85. The number of nitrogens with zero attached hydrogens (tertiary/aromatic N) is 1. The minimum Gasteiger partial charge on any atom is -0.465 e. The molecular weight excluding hydrogens is 333 g/mol. The summed E-state index contributed by atoms with van der Waals surface area (Å²) < 4.78 is 41.6. The minimum absolute atomic E-state index is 0.0698. The molecule has 1 heterocycles. The maximum atomic E-state index is 14.9. The second-order valence-corrected chi connectivity index (χ2v) is 8.23. The van der Waals surface area contributed by atoms with Gasteiger partial charge in [-0.15, -0.1) is 10.8 Å². The van der Waals surface area contributed by atoms with E-state index in [2.05, 4.69) is 6.08 Å². The van der Waals surface area contributed by atoms with E-state index in [0.717, 1.165) is 36.8 Å². The van der Waals surface area contributed by atoms with Crippen molar-refractivity contribution >= 4 is 28.0 Å². The molecule has 24 heavy (non-hydrogen) atoms. The van der Waals surface area contributed by atoms with Gasteiger partial charge in [0.2, 0.25) is 0 Å². The van der Waals surface area contributed by atoms with Crippen LogP contribution in [0.3, 0.4) is 0 Å². The van der Waals surface area contributed by atoms with Crippen LogP contribution in [0.25, 0.3) is 5.57 Å². The molecular formula is C17H22FNO4S. The second-order valence-electron chi connectivity index (χ2n) is 6.12. The van der Waals surface area contributed by atoms with Gasteiger partial charge < -0.3 is 4.74 Å². The van der Waals surface area contributed by atoms with Crippen LogP contribution in [-0.4, -0.2) is 34.5 Å². The predicted octanol–water partition coefficient (Wildman–Crippen LogP) is 4.45. The van der Waals surface area contributed by atoms with Crippen molar-refractivity contribution < 1.29 is 23.0 Å². The predicted molar refractivity (Wildman–Crippen MR) is 93.9 cm³/mol. The fourth-order valence-corrected chi connectivity index (χ4v) is 4.93. The van der Waals surface area contributed by atoms with E-state index in [0.29, 0.717) is 13.0 Å². The summed E-state index contributed by atoms with van der Waals surface area (Å²) >= 11 is 0. The number of benzene rings is 1. The lowest BCUT2D eigenvalue weighted by molar-refractivity contribution is 0.0595. The van der Waals surface area contributed by atoms with Gasteiger partial charge >= 0.3 is 5.97 Å². The maximum Gasteiger partial charge on any atom is 0.340 e. The topological polar surface area (TPSA) is 70.0 Å². The number of allylic oxidation sites excluding steroid dienone is 2. The maximum absolute atomic E-state index is 14.9. The van der Waals surface area contributed by atoms with E-state index in [1.165, 1.54) is 17.5 Å². The van der Waals surface area contributed by atoms with Crippen LogP contribution in [0.15, 0.2) is 18.2 Å². The molecule has 2 aliphatic rings. The van der Waals surface area contributed by atoms with E-state index in [1.807, 2.05) is 0 Å². The summed E-state index contributed by atoms with van der Waals surface area (Å²) in [5.41, 5.74) is 1.69. The first-order valence-electron chi connectivity index (χ1n) is 8.09. The van der Waals surface area contributed by atoms with Gasteiger partial charge in [-0.1, -0.05) is 6.08 Å². The number of carbonyl (C=O) groups excluding carboxylic acids is 1. The number of methoxy groups -OCH3 is 1. The van der Waals surface area contributed by atoms with Gasteiger partial charge in [0, 0.05) is 6.54 Å². The standard InChI is InChI=1S/C17H22FNO4S/c1-23-17(20)14-10-13(12-6-2-3-7-12)11-15(16(14)18)19-8-4-5-9-24(19,21)22/h6,10-11,21-22H,2-5,7-9H2,1H3. The average Bonchev–Trinajstić information content (AvgIpc) is 3.09. The highest BCUT2D eigenvalue weighted by Gasteiger charge is 2.31. The number of halogens is 1. The third-order valence-electron chi connectivity index (χ3n) is 4.52. The summed E-state index contributed by atoms with van der Waals surface area (Å²) in [4.78, 5) is 12.0. The Morgan fingerprint density at radius 2 is 2.08 bits per heavy atom. The van der Waals surface area contributed by atoms with E-state index in [1.54, 1.807) is 6.07 Å². The molecule has 2 N–H and O–H groups in total. The second kappa shape index (κ2) is 6.74. The number of carbonyl (C=O) groups is 1. The number of esters is 1. The molecule has 1 saturated heterocycles. The first kappa shape index (κ1) is 17.3. The molecule has 0 atom stereocenters. The van der Waals surface area contributed by atoms with Crippen molar-refractivity contribution in [3.05, 3.63) is 35.2 Å². The lowest BCUT2D eigenvalue weighted by Gasteiger charge is -2.47. The molecule has 0 unspecified atom stereocenters. The zero-order valence-corrected chi connectivity index (χ0v) is 14.4. The van der Waals surface area contributed by atoms with Crippen molar-refractivity contribution in [2.24, 2.45) is 0 Å². The van der Waals surface area contributed by atoms with Crippen LogP contribution < -0.4 is 4.31 Å². The largest absolute Gasteiger partial charge is 0.465 e. The average molecular weight is 355 g/mol. The van der Waals surface area contributed by atoms with Crippen LogP contribution in [0.4, 0.5) is 10.1 Å². The van der Waals surface area contributed by atoms with Gasteiger partial charge in [0.15, 0.2) is 5.82 Å². The molecule has 1 aliphatic carbocycles. The van der Waals surface area contributed by atoms with Gasteiger partial charge in [0.05, 0.1) is 24.1 Å². The molecule has 1 fully saturated rings. The molecule has 0 aromatic heterocycles. The van der Waals surface area contributed by atoms with Gasteiger partial charge in [-0.2, -0.15) is 0 Å². The van der Waals surface area contributed by atoms with E-state index < -0.39 is 22.6 Å². The van der Waals surface area contributed by atoms with Crippen LogP contribution in [0, 0.1) is 5.82 Å². The van der Waals surface area contributed by atoms with Crippen molar-refractivity contribution in [1.29, 1.82) is 0 Å². The summed E-state index contributed by atoms with van der Waals surface area (Å²) in [6.45, 7) is 0.350. The van der Waals surface area contributed by atoms with Crippen molar-refractivity contribution in [3.63, 3.8) is 0 Å². The molecule has 1 aromatic rings. The zero-order chi connectivity index (χ0) is 17.3. The molecule has 1 aliphatic heterocycles.